The van der Waals surface area contributed by atoms with Crippen LogP contribution < -0.4 is 10.6 Å². The smallest absolute Gasteiger partial charge is 0.270 e. The maximum Gasteiger partial charge on any atom is 0.270 e. The molecule has 1 aliphatic carbocycles. The Hall–Kier alpha value is -2.43. The Morgan fingerprint density at radius 3 is 2.48 bits per heavy atom. The molecule has 0 bridgehead atoms. The van der Waals surface area contributed by atoms with E-state index in [0.29, 0.717) is 11.6 Å². The van der Waals surface area contributed by atoms with Gasteiger partial charge in [-0.2, -0.15) is 0 Å². The molecule has 1 aromatic heterocycles. The van der Waals surface area contributed by atoms with Gasteiger partial charge >= 0.3 is 0 Å². The second-order valence-corrected chi connectivity index (χ2v) is 6.95. The van der Waals surface area contributed by atoms with Crippen LogP contribution in [0, 0.1) is 20.8 Å². The monoisotopic (exact) mass is 338 g/mol. The van der Waals surface area contributed by atoms with Gasteiger partial charge in [0.1, 0.15) is 5.69 Å². The fourth-order valence-electron chi connectivity index (χ4n) is 3.20. The topological polar surface area (TPSA) is 66.9 Å². The van der Waals surface area contributed by atoms with Crippen LogP contribution in [0.2, 0.25) is 0 Å². The Balaban J connectivity index is 1.75. The number of hydrogen-bond donors (Lipinski definition) is 2. The lowest BCUT2D eigenvalue weighted by Gasteiger charge is -2.22. The molecule has 1 heterocycles. The zero-order valence-corrected chi connectivity index (χ0v) is 15.2. The molecule has 0 saturated heterocycles. The Morgan fingerprint density at radius 2 is 1.76 bits per heavy atom. The average molecular weight is 338 g/mol. The second-order valence-electron chi connectivity index (χ2n) is 6.95. The van der Waals surface area contributed by atoms with Gasteiger partial charge in [-0.3, -0.25) is 4.79 Å². The van der Waals surface area contributed by atoms with Crippen LogP contribution in [-0.2, 0) is 0 Å². The maximum atomic E-state index is 12.5. The van der Waals surface area contributed by atoms with Crippen LogP contribution in [-0.4, -0.2) is 21.9 Å². The fraction of sp³-hybridized carbons (Fsp3) is 0.450. The number of nitrogens with zero attached hydrogens (tertiary/aromatic N) is 2. The summed E-state index contributed by atoms with van der Waals surface area (Å²) in [6, 6.07) is 8.12. The number of carbonyl (C=O) groups excluding carboxylic acids is 1. The lowest BCUT2D eigenvalue weighted by atomic mass is 9.95. The molecule has 1 saturated carbocycles. The van der Waals surface area contributed by atoms with E-state index in [4.69, 9.17) is 0 Å². The van der Waals surface area contributed by atoms with E-state index in [1.807, 2.05) is 13.0 Å². The fourth-order valence-corrected chi connectivity index (χ4v) is 3.20. The minimum atomic E-state index is -0.111. The first kappa shape index (κ1) is 17.4. The third kappa shape index (κ3) is 4.56. The maximum absolute atomic E-state index is 12.5. The van der Waals surface area contributed by atoms with Crippen molar-refractivity contribution in [1.82, 2.24) is 15.3 Å². The van der Waals surface area contributed by atoms with Crippen LogP contribution in [0.3, 0.4) is 0 Å². The molecule has 2 aromatic rings. The molecular formula is C20H26N4O. The number of aryl methyl sites for hydroxylation is 3. The van der Waals surface area contributed by atoms with E-state index in [0.717, 1.165) is 24.2 Å². The summed E-state index contributed by atoms with van der Waals surface area (Å²) in [6.07, 6.45) is 5.76. The van der Waals surface area contributed by atoms with Gasteiger partial charge < -0.3 is 10.6 Å². The summed E-state index contributed by atoms with van der Waals surface area (Å²) < 4.78 is 0. The van der Waals surface area contributed by atoms with Crippen LogP contribution in [0.15, 0.2) is 24.3 Å². The number of anilines is 2. The van der Waals surface area contributed by atoms with E-state index in [9.17, 15) is 4.79 Å². The van der Waals surface area contributed by atoms with Gasteiger partial charge in [0.2, 0.25) is 5.95 Å². The molecule has 0 radical (unpaired) electrons. The van der Waals surface area contributed by atoms with E-state index in [1.165, 1.54) is 30.4 Å². The molecule has 0 aliphatic heterocycles. The predicted octanol–water partition coefficient (Wildman–Crippen LogP) is 4.21. The number of amides is 1. The molecule has 0 unspecified atom stereocenters. The molecule has 132 valence electrons. The Labute approximate surface area is 149 Å². The van der Waals surface area contributed by atoms with Gasteiger partial charge in [-0.05, 0) is 62.9 Å². The first-order valence-electron chi connectivity index (χ1n) is 9.02. The summed E-state index contributed by atoms with van der Waals surface area (Å²) in [4.78, 5) is 21.4. The molecule has 0 spiro atoms. The molecule has 1 aliphatic rings. The molecule has 25 heavy (non-hydrogen) atoms. The standard InChI is InChI=1S/C20H26N4O/c1-13-9-10-17(11-14(13)2)23-20-21-15(3)12-18(24-20)19(25)22-16-7-5-4-6-8-16/h9-12,16H,4-8H2,1-3H3,(H,22,25)(H,21,23,24). The lowest BCUT2D eigenvalue weighted by Crippen LogP contribution is -2.36. The van der Waals surface area contributed by atoms with E-state index < -0.39 is 0 Å². The van der Waals surface area contributed by atoms with Gasteiger partial charge in [-0.1, -0.05) is 25.3 Å². The zero-order valence-electron chi connectivity index (χ0n) is 15.2. The van der Waals surface area contributed by atoms with Crippen LogP contribution in [0.25, 0.3) is 0 Å². The molecule has 3 rings (SSSR count). The summed E-state index contributed by atoms with van der Waals surface area (Å²) in [5.74, 6) is 0.345. The molecule has 1 aromatic carbocycles. The minimum Gasteiger partial charge on any atom is -0.348 e. The number of hydrogen-bond acceptors (Lipinski definition) is 4. The average Bonchev–Trinajstić information content (AvgIpc) is 2.58. The van der Waals surface area contributed by atoms with Gasteiger partial charge in [-0.25, -0.2) is 9.97 Å². The Kier molecular flexibility index (Phi) is 5.31. The lowest BCUT2D eigenvalue weighted by molar-refractivity contribution is 0.0922. The van der Waals surface area contributed by atoms with E-state index >= 15 is 0 Å². The van der Waals surface area contributed by atoms with Crippen LogP contribution >= 0.6 is 0 Å². The molecule has 5 nitrogen and oxygen atoms in total. The third-order valence-electron chi connectivity index (χ3n) is 4.79. The minimum absolute atomic E-state index is 0.111. The van der Waals surface area contributed by atoms with Crippen molar-refractivity contribution in [2.75, 3.05) is 5.32 Å². The van der Waals surface area contributed by atoms with Crippen molar-refractivity contribution in [3.8, 4) is 0 Å². The van der Waals surface area contributed by atoms with E-state index in [1.54, 1.807) is 6.07 Å². The van der Waals surface area contributed by atoms with Crippen molar-refractivity contribution in [1.29, 1.82) is 0 Å². The highest BCUT2D eigenvalue weighted by atomic mass is 16.1. The van der Waals surface area contributed by atoms with Crippen molar-refractivity contribution in [2.45, 2.75) is 58.9 Å². The molecule has 1 fully saturated rings. The van der Waals surface area contributed by atoms with Crippen LogP contribution in [0.5, 0.6) is 0 Å². The summed E-state index contributed by atoms with van der Waals surface area (Å²) in [5.41, 5.74) is 4.56. The Morgan fingerprint density at radius 1 is 1.00 bits per heavy atom. The van der Waals surface area contributed by atoms with Gasteiger partial charge in [0, 0.05) is 17.4 Å². The van der Waals surface area contributed by atoms with Crippen molar-refractivity contribution in [2.24, 2.45) is 0 Å². The van der Waals surface area contributed by atoms with Crippen molar-refractivity contribution in [3.63, 3.8) is 0 Å². The first-order valence-corrected chi connectivity index (χ1v) is 9.02. The molecule has 5 heteroatoms. The van der Waals surface area contributed by atoms with Crippen molar-refractivity contribution in [3.05, 3.63) is 46.8 Å². The highest BCUT2D eigenvalue weighted by Crippen LogP contribution is 2.19. The molecule has 0 atom stereocenters. The highest BCUT2D eigenvalue weighted by Gasteiger charge is 2.18. The van der Waals surface area contributed by atoms with Gasteiger partial charge in [0.25, 0.3) is 5.91 Å². The number of rotatable bonds is 4. The van der Waals surface area contributed by atoms with Gasteiger partial charge in [-0.15, -0.1) is 0 Å². The molecule has 2 N–H and O–H groups in total. The summed E-state index contributed by atoms with van der Waals surface area (Å²) >= 11 is 0. The summed E-state index contributed by atoms with van der Waals surface area (Å²) in [5, 5.41) is 6.32. The summed E-state index contributed by atoms with van der Waals surface area (Å²) in [6.45, 7) is 6.03. The molecule has 1 amide bonds. The zero-order chi connectivity index (χ0) is 17.8. The molecular weight excluding hydrogens is 312 g/mol. The van der Waals surface area contributed by atoms with Crippen LogP contribution in [0.4, 0.5) is 11.6 Å². The predicted molar refractivity (Wildman–Crippen MR) is 100 cm³/mol. The normalized spacial score (nSPS) is 15.0. The largest absolute Gasteiger partial charge is 0.348 e. The van der Waals surface area contributed by atoms with Crippen molar-refractivity contribution >= 4 is 17.5 Å². The number of benzene rings is 1. The highest BCUT2D eigenvalue weighted by molar-refractivity contribution is 5.92. The van der Waals surface area contributed by atoms with Crippen LogP contribution in [0.1, 0.15) is 59.4 Å². The quantitative estimate of drug-likeness (QED) is 0.876. The van der Waals surface area contributed by atoms with Crippen molar-refractivity contribution < 1.29 is 4.79 Å². The first-order chi connectivity index (χ1) is 12.0. The summed E-state index contributed by atoms with van der Waals surface area (Å²) in [7, 11) is 0. The third-order valence-corrected chi connectivity index (χ3v) is 4.79. The van der Waals surface area contributed by atoms with E-state index in [-0.39, 0.29) is 11.9 Å². The second kappa shape index (κ2) is 7.64. The Bertz CT molecular complexity index is 766. The number of carbonyl (C=O) groups is 1. The van der Waals surface area contributed by atoms with E-state index in [2.05, 4.69) is 46.6 Å². The SMILES string of the molecule is Cc1cc(C(=O)NC2CCCCC2)nc(Nc2ccc(C)c(C)c2)n1. The number of aromatic nitrogens is 2. The number of nitrogens with one attached hydrogen (secondary N) is 2. The van der Waals surface area contributed by atoms with Gasteiger partial charge in [0.05, 0.1) is 0 Å². The van der Waals surface area contributed by atoms with Gasteiger partial charge in [0.15, 0.2) is 0 Å².